The fraction of sp³-hybridized carbons (Fsp3) is 0.115. The van der Waals surface area contributed by atoms with Crippen molar-refractivity contribution in [2.75, 3.05) is 12.0 Å². The first-order valence-electron chi connectivity index (χ1n) is 9.61. The lowest BCUT2D eigenvalue weighted by Gasteiger charge is -2.21. The minimum atomic E-state index is -0.0251. The number of nitrogens with zero attached hydrogens (tertiary/aromatic N) is 1. The largest absolute Gasteiger partial charge is 0.497 e. The van der Waals surface area contributed by atoms with Crippen LogP contribution in [0.2, 0.25) is 0 Å². The third-order valence-corrected chi connectivity index (χ3v) is 5.24. The Balaban J connectivity index is 1.80. The van der Waals surface area contributed by atoms with Gasteiger partial charge < -0.3 is 4.74 Å². The Morgan fingerprint density at radius 2 is 1.59 bits per heavy atom. The summed E-state index contributed by atoms with van der Waals surface area (Å²) in [5.74, 6) is 0.769. The Morgan fingerprint density at radius 3 is 2.24 bits per heavy atom. The predicted octanol–water partition coefficient (Wildman–Crippen LogP) is 5.78. The summed E-state index contributed by atoms with van der Waals surface area (Å²) in [6, 6.07) is 23.9. The van der Waals surface area contributed by atoms with Gasteiger partial charge in [0.05, 0.1) is 12.8 Å². The molecule has 1 aliphatic rings. The van der Waals surface area contributed by atoms with Crippen LogP contribution in [0.1, 0.15) is 22.3 Å². The molecule has 29 heavy (non-hydrogen) atoms. The molecule has 1 amide bonds. The van der Waals surface area contributed by atoms with Crippen LogP contribution in [-0.4, -0.2) is 13.0 Å². The number of rotatable bonds is 4. The summed E-state index contributed by atoms with van der Waals surface area (Å²) in [6.07, 6.45) is 3.89. The lowest BCUT2D eigenvalue weighted by atomic mass is 10.1. The molecule has 0 saturated heterocycles. The SMILES string of the molecule is COc1ccc(/C=C2\C=C(c3ccccc3)N(c3ccc(C)c(C)c3)C2=O)cc1. The number of amides is 1. The highest BCUT2D eigenvalue weighted by Gasteiger charge is 2.30. The maximum absolute atomic E-state index is 13.4. The number of hydrogen-bond acceptors (Lipinski definition) is 2. The van der Waals surface area contributed by atoms with E-state index >= 15 is 0 Å². The zero-order valence-electron chi connectivity index (χ0n) is 16.8. The molecule has 3 aromatic carbocycles. The van der Waals surface area contributed by atoms with E-state index in [9.17, 15) is 4.79 Å². The van der Waals surface area contributed by atoms with Crippen LogP contribution in [0.5, 0.6) is 5.75 Å². The van der Waals surface area contributed by atoms with Crippen LogP contribution in [0, 0.1) is 13.8 Å². The molecule has 0 bridgehead atoms. The molecular formula is C26H23NO2. The molecule has 0 aromatic heterocycles. The summed E-state index contributed by atoms with van der Waals surface area (Å²) in [7, 11) is 1.64. The van der Waals surface area contributed by atoms with Crippen molar-refractivity contribution in [1.29, 1.82) is 0 Å². The predicted molar refractivity (Wildman–Crippen MR) is 119 cm³/mol. The van der Waals surface area contributed by atoms with Gasteiger partial charge in [-0.3, -0.25) is 9.69 Å². The number of aryl methyl sites for hydroxylation is 2. The number of ether oxygens (including phenoxy) is 1. The molecule has 0 saturated carbocycles. The minimum Gasteiger partial charge on any atom is -0.497 e. The number of carbonyl (C=O) groups excluding carboxylic acids is 1. The van der Waals surface area contributed by atoms with E-state index in [1.807, 2.05) is 72.8 Å². The molecule has 0 atom stereocenters. The van der Waals surface area contributed by atoms with Crippen molar-refractivity contribution in [2.24, 2.45) is 0 Å². The van der Waals surface area contributed by atoms with Gasteiger partial charge in [-0.25, -0.2) is 0 Å². The van der Waals surface area contributed by atoms with E-state index < -0.39 is 0 Å². The molecule has 0 fully saturated rings. The van der Waals surface area contributed by atoms with E-state index in [2.05, 4.69) is 26.0 Å². The second-order valence-electron chi connectivity index (χ2n) is 7.18. The lowest BCUT2D eigenvalue weighted by molar-refractivity contribution is -0.113. The molecule has 0 radical (unpaired) electrons. The second kappa shape index (κ2) is 7.80. The van der Waals surface area contributed by atoms with Gasteiger partial charge in [0.25, 0.3) is 5.91 Å². The molecule has 0 unspecified atom stereocenters. The smallest absolute Gasteiger partial charge is 0.262 e. The number of anilines is 1. The van der Waals surface area contributed by atoms with Crippen molar-refractivity contribution in [2.45, 2.75) is 13.8 Å². The van der Waals surface area contributed by atoms with Gasteiger partial charge in [-0.2, -0.15) is 0 Å². The van der Waals surface area contributed by atoms with Crippen LogP contribution in [0.25, 0.3) is 11.8 Å². The molecule has 0 aliphatic carbocycles. The van der Waals surface area contributed by atoms with E-state index in [-0.39, 0.29) is 5.91 Å². The lowest BCUT2D eigenvalue weighted by Crippen LogP contribution is -2.25. The van der Waals surface area contributed by atoms with Gasteiger partial charge in [0, 0.05) is 11.3 Å². The van der Waals surface area contributed by atoms with Crippen LogP contribution >= 0.6 is 0 Å². The summed E-state index contributed by atoms with van der Waals surface area (Å²) < 4.78 is 5.22. The van der Waals surface area contributed by atoms with Crippen LogP contribution in [0.15, 0.2) is 84.4 Å². The van der Waals surface area contributed by atoms with Crippen LogP contribution in [0.4, 0.5) is 5.69 Å². The maximum atomic E-state index is 13.4. The number of carbonyl (C=O) groups is 1. The van der Waals surface area contributed by atoms with E-state index in [0.29, 0.717) is 5.57 Å². The first kappa shape index (κ1) is 18.8. The monoisotopic (exact) mass is 381 g/mol. The summed E-state index contributed by atoms with van der Waals surface area (Å²) in [5, 5.41) is 0. The van der Waals surface area contributed by atoms with Crippen LogP contribution < -0.4 is 9.64 Å². The fourth-order valence-electron chi connectivity index (χ4n) is 3.44. The van der Waals surface area contributed by atoms with Gasteiger partial charge in [-0.05, 0) is 72.5 Å². The Bertz CT molecular complexity index is 1110. The molecular weight excluding hydrogens is 358 g/mol. The molecule has 0 spiro atoms. The quantitative estimate of drug-likeness (QED) is 0.536. The van der Waals surface area contributed by atoms with Gasteiger partial charge in [-0.15, -0.1) is 0 Å². The normalized spacial score (nSPS) is 15.0. The van der Waals surface area contributed by atoms with Gasteiger partial charge in [0.15, 0.2) is 0 Å². The summed E-state index contributed by atoms with van der Waals surface area (Å²) in [5.41, 5.74) is 6.77. The fourth-order valence-corrected chi connectivity index (χ4v) is 3.44. The molecule has 4 rings (SSSR count). The van der Waals surface area contributed by atoms with Crippen LogP contribution in [-0.2, 0) is 4.79 Å². The van der Waals surface area contributed by atoms with E-state index in [1.165, 1.54) is 5.56 Å². The Kier molecular flexibility index (Phi) is 5.05. The number of methoxy groups -OCH3 is 1. The third-order valence-electron chi connectivity index (χ3n) is 5.24. The van der Waals surface area contributed by atoms with Gasteiger partial charge in [0.2, 0.25) is 0 Å². The highest BCUT2D eigenvalue weighted by Crippen LogP contribution is 2.36. The molecule has 144 valence electrons. The first-order chi connectivity index (χ1) is 14.1. The zero-order valence-corrected chi connectivity index (χ0v) is 16.8. The molecule has 3 heteroatoms. The first-order valence-corrected chi connectivity index (χ1v) is 9.61. The van der Waals surface area contributed by atoms with Crippen molar-refractivity contribution in [3.8, 4) is 5.75 Å². The highest BCUT2D eigenvalue weighted by molar-refractivity contribution is 6.23. The zero-order chi connectivity index (χ0) is 20.4. The van der Waals surface area contributed by atoms with Gasteiger partial charge in [0.1, 0.15) is 5.75 Å². The summed E-state index contributed by atoms with van der Waals surface area (Å²) in [4.78, 5) is 15.2. The number of hydrogen-bond donors (Lipinski definition) is 0. The topological polar surface area (TPSA) is 29.5 Å². The van der Waals surface area contributed by atoms with E-state index in [0.717, 1.165) is 33.8 Å². The molecule has 3 aromatic rings. The third kappa shape index (κ3) is 3.72. The molecule has 0 N–H and O–H groups in total. The number of benzene rings is 3. The summed E-state index contributed by atoms with van der Waals surface area (Å²) in [6.45, 7) is 4.15. The highest BCUT2D eigenvalue weighted by atomic mass is 16.5. The molecule has 1 aliphatic heterocycles. The van der Waals surface area contributed by atoms with E-state index in [4.69, 9.17) is 4.74 Å². The summed E-state index contributed by atoms with van der Waals surface area (Å²) >= 11 is 0. The molecule has 3 nitrogen and oxygen atoms in total. The maximum Gasteiger partial charge on any atom is 0.262 e. The van der Waals surface area contributed by atoms with E-state index in [1.54, 1.807) is 12.0 Å². The standard InChI is InChI=1S/C26H23NO2/c1-18-9-12-23(15-19(18)2)27-25(21-7-5-4-6-8-21)17-22(26(27)28)16-20-10-13-24(29-3)14-11-20/h4-17H,1-3H3/b22-16+. The van der Waals surface area contributed by atoms with Crippen LogP contribution in [0.3, 0.4) is 0 Å². The molecule has 1 heterocycles. The van der Waals surface area contributed by atoms with Crippen molar-refractivity contribution < 1.29 is 9.53 Å². The van der Waals surface area contributed by atoms with Crippen molar-refractivity contribution in [1.82, 2.24) is 0 Å². The van der Waals surface area contributed by atoms with Gasteiger partial charge in [-0.1, -0.05) is 48.5 Å². The van der Waals surface area contributed by atoms with Crippen molar-refractivity contribution >= 4 is 23.4 Å². The van der Waals surface area contributed by atoms with Crippen molar-refractivity contribution in [3.63, 3.8) is 0 Å². The average Bonchev–Trinajstić information content (AvgIpc) is 3.07. The Morgan fingerprint density at radius 1 is 0.862 bits per heavy atom. The van der Waals surface area contributed by atoms with Gasteiger partial charge >= 0.3 is 0 Å². The Labute approximate surface area is 171 Å². The average molecular weight is 381 g/mol. The van der Waals surface area contributed by atoms with Crippen molar-refractivity contribution in [3.05, 3.63) is 107 Å². The minimum absolute atomic E-state index is 0.0251. The second-order valence-corrected chi connectivity index (χ2v) is 7.18. The Hall–Kier alpha value is -3.59.